The van der Waals surface area contributed by atoms with Crippen LogP contribution in [-0.4, -0.2) is 35.3 Å². The van der Waals surface area contributed by atoms with Gasteiger partial charge in [-0.3, -0.25) is 4.68 Å². The van der Waals surface area contributed by atoms with E-state index >= 15 is 0 Å². The van der Waals surface area contributed by atoms with Crippen LogP contribution in [-0.2, 0) is 6.54 Å². The first-order valence-electron chi connectivity index (χ1n) is 7.67. The van der Waals surface area contributed by atoms with E-state index in [-0.39, 0.29) is 6.04 Å². The highest BCUT2D eigenvalue weighted by Gasteiger charge is 2.16. The van der Waals surface area contributed by atoms with Crippen molar-refractivity contribution in [1.29, 1.82) is 0 Å². The average molecular weight is 301 g/mol. The molecule has 1 heterocycles. The van der Waals surface area contributed by atoms with Crippen LogP contribution in [0.1, 0.15) is 57.2 Å². The van der Waals surface area contributed by atoms with Gasteiger partial charge in [0.2, 0.25) is 0 Å². The second-order valence-corrected chi connectivity index (χ2v) is 6.12. The molecule has 0 fully saturated rings. The highest BCUT2D eigenvalue weighted by molar-refractivity contribution is 6.31. The molecule has 0 saturated carbocycles. The van der Waals surface area contributed by atoms with Crippen molar-refractivity contribution in [3.8, 4) is 0 Å². The Balaban J connectivity index is 2.49. The van der Waals surface area contributed by atoms with Crippen molar-refractivity contribution < 1.29 is 0 Å². The third-order valence-electron chi connectivity index (χ3n) is 3.56. The minimum atomic E-state index is -0.00575. The summed E-state index contributed by atoms with van der Waals surface area (Å²) in [5.41, 5.74) is 7.29. The molecule has 0 aliphatic heterocycles. The Hall–Kier alpha value is -0.580. The molecule has 2 N–H and O–H groups in total. The Morgan fingerprint density at radius 2 is 2.00 bits per heavy atom. The number of rotatable bonds is 10. The maximum absolute atomic E-state index is 6.30. The van der Waals surface area contributed by atoms with E-state index in [0.717, 1.165) is 31.6 Å². The van der Waals surface area contributed by atoms with E-state index in [9.17, 15) is 0 Å². The van der Waals surface area contributed by atoms with Crippen LogP contribution in [0.15, 0.2) is 6.20 Å². The third-order valence-corrected chi connectivity index (χ3v) is 3.85. The molecule has 1 unspecified atom stereocenters. The smallest absolute Gasteiger partial charge is 0.0834 e. The molecule has 1 rings (SSSR count). The maximum atomic E-state index is 6.30. The zero-order valence-electron chi connectivity index (χ0n) is 13.1. The Labute approximate surface area is 128 Å². The van der Waals surface area contributed by atoms with Crippen LogP contribution in [0.3, 0.4) is 0 Å². The largest absolute Gasteiger partial charge is 0.323 e. The summed E-state index contributed by atoms with van der Waals surface area (Å²) in [5.74, 6) is 0. The Bertz CT molecular complexity index is 376. The van der Waals surface area contributed by atoms with E-state index in [0.29, 0.717) is 5.02 Å². The topological polar surface area (TPSA) is 47.1 Å². The standard InChI is InChI=1S/C15H29ClN4/c1-4-5-6-7-8-9-14(17)15-13(16)12-18-20(15)11-10-19(2)3/h12,14H,4-11,17H2,1-3H3. The summed E-state index contributed by atoms with van der Waals surface area (Å²) in [6, 6.07) is -0.00575. The van der Waals surface area contributed by atoms with Crippen molar-refractivity contribution in [2.24, 2.45) is 5.73 Å². The first kappa shape index (κ1) is 17.5. The number of unbranched alkanes of at least 4 members (excludes halogenated alkanes) is 4. The summed E-state index contributed by atoms with van der Waals surface area (Å²) in [4.78, 5) is 2.13. The van der Waals surface area contributed by atoms with Gasteiger partial charge in [-0.2, -0.15) is 5.10 Å². The predicted molar refractivity (Wildman–Crippen MR) is 86.1 cm³/mol. The van der Waals surface area contributed by atoms with Crippen molar-refractivity contribution in [2.75, 3.05) is 20.6 Å². The van der Waals surface area contributed by atoms with Gasteiger partial charge in [0.15, 0.2) is 0 Å². The Morgan fingerprint density at radius 3 is 2.65 bits per heavy atom. The van der Waals surface area contributed by atoms with Gasteiger partial charge in [-0.1, -0.05) is 50.6 Å². The van der Waals surface area contributed by atoms with E-state index in [4.69, 9.17) is 17.3 Å². The van der Waals surface area contributed by atoms with Gasteiger partial charge in [0.1, 0.15) is 0 Å². The molecule has 20 heavy (non-hydrogen) atoms. The van der Waals surface area contributed by atoms with Crippen LogP contribution >= 0.6 is 11.6 Å². The fraction of sp³-hybridized carbons (Fsp3) is 0.800. The number of aromatic nitrogens is 2. The van der Waals surface area contributed by atoms with Crippen molar-refractivity contribution in [2.45, 2.75) is 58.0 Å². The SMILES string of the molecule is CCCCCCCC(N)c1c(Cl)cnn1CCN(C)C. The average Bonchev–Trinajstić information content (AvgIpc) is 2.77. The lowest BCUT2D eigenvalue weighted by Gasteiger charge is -2.16. The van der Waals surface area contributed by atoms with Crippen LogP contribution in [0.4, 0.5) is 0 Å². The minimum Gasteiger partial charge on any atom is -0.323 e. The van der Waals surface area contributed by atoms with Crippen molar-refractivity contribution in [3.05, 3.63) is 16.9 Å². The zero-order chi connectivity index (χ0) is 15.0. The lowest BCUT2D eigenvalue weighted by Crippen LogP contribution is -2.23. The zero-order valence-corrected chi connectivity index (χ0v) is 13.9. The maximum Gasteiger partial charge on any atom is 0.0834 e. The monoisotopic (exact) mass is 300 g/mol. The number of hydrogen-bond acceptors (Lipinski definition) is 3. The molecule has 0 aliphatic rings. The molecule has 0 spiro atoms. The molecule has 0 saturated heterocycles. The number of nitrogens with zero attached hydrogens (tertiary/aromatic N) is 3. The van der Waals surface area contributed by atoms with Crippen LogP contribution in [0.5, 0.6) is 0 Å². The lowest BCUT2D eigenvalue weighted by atomic mass is 10.0. The molecular weight excluding hydrogens is 272 g/mol. The molecule has 0 radical (unpaired) electrons. The van der Waals surface area contributed by atoms with Gasteiger partial charge in [-0.25, -0.2) is 0 Å². The summed E-state index contributed by atoms with van der Waals surface area (Å²) in [7, 11) is 4.11. The van der Waals surface area contributed by atoms with Gasteiger partial charge >= 0.3 is 0 Å². The van der Waals surface area contributed by atoms with Crippen LogP contribution in [0.2, 0.25) is 5.02 Å². The highest BCUT2D eigenvalue weighted by Crippen LogP contribution is 2.25. The molecule has 1 aromatic rings. The highest BCUT2D eigenvalue weighted by atomic mass is 35.5. The first-order chi connectivity index (χ1) is 9.56. The number of nitrogens with two attached hydrogens (primary N) is 1. The normalized spacial score (nSPS) is 13.1. The van der Waals surface area contributed by atoms with Gasteiger partial charge in [0, 0.05) is 12.6 Å². The summed E-state index contributed by atoms with van der Waals surface area (Å²) >= 11 is 6.24. The number of likely N-dealkylation sites (N-methyl/N-ethyl adjacent to an activating group) is 1. The van der Waals surface area contributed by atoms with Crippen LogP contribution in [0.25, 0.3) is 0 Å². The molecule has 1 aromatic heterocycles. The molecule has 0 amide bonds. The summed E-state index contributed by atoms with van der Waals surface area (Å²) < 4.78 is 1.96. The van der Waals surface area contributed by atoms with Gasteiger partial charge in [0.05, 0.1) is 23.5 Å². The van der Waals surface area contributed by atoms with Crippen LogP contribution < -0.4 is 5.73 Å². The molecular formula is C15H29ClN4. The predicted octanol–water partition coefficient (Wildman–Crippen LogP) is 3.46. The second-order valence-electron chi connectivity index (χ2n) is 5.71. The van der Waals surface area contributed by atoms with Gasteiger partial charge in [-0.15, -0.1) is 0 Å². The molecule has 1 atom stereocenters. The Kier molecular flexibility index (Phi) is 8.19. The Morgan fingerprint density at radius 1 is 1.30 bits per heavy atom. The molecule has 0 bridgehead atoms. The van der Waals surface area contributed by atoms with Gasteiger partial charge in [0.25, 0.3) is 0 Å². The first-order valence-corrected chi connectivity index (χ1v) is 8.05. The summed E-state index contributed by atoms with van der Waals surface area (Å²) in [5, 5.41) is 5.04. The van der Waals surface area contributed by atoms with E-state index in [2.05, 4.69) is 31.0 Å². The van der Waals surface area contributed by atoms with Crippen LogP contribution in [0, 0.1) is 0 Å². The third kappa shape index (κ3) is 5.81. The molecule has 116 valence electrons. The second kappa shape index (κ2) is 9.37. The molecule has 0 aromatic carbocycles. The van der Waals surface area contributed by atoms with Gasteiger partial charge < -0.3 is 10.6 Å². The van der Waals surface area contributed by atoms with E-state index in [1.165, 1.54) is 25.7 Å². The minimum absolute atomic E-state index is 0.00575. The number of hydrogen-bond donors (Lipinski definition) is 1. The van der Waals surface area contributed by atoms with Crippen molar-refractivity contribution in [1.82, 2.24) is 14.7 Å². The van der Waals surface area contributed by atoms with Gasteiger partial charge in [-0.05, 0) is 20.5 Å². The molecule has 0 aliphatic carbocycles. The fourth-order valence-electron chi connectivity index (χ4n) is 2.32. The fourth-order valence-corrected chi connectivity index (χ4v) is 2.60. The van der Waals surface area contributed by atoms with Crippen molar-refractivity contribution in [3.63, 3.8) is 0 Å². The quantitative estimate of drug-likeness (QED) is 0.673. The molecule has 4 nitrogen and oxygen atoms in total. The van der Waals surface area contributed by atoms with E-state index in [1.54, 1.807) is 6.20 Å². The summed E-state index contributed by atoms with van der Waals surface area (Å²) in [6.45, 7) is 4.00. The van der Waals surface area contributed by atoms with E-state index in [1.807, 2.05) is 4.68 Å². The lowest BCUT2D eigenvalue weighted by molar-refractivity contribution is 0.365. The number of halogens is 1. The summed E-state index contributed by atoms with van der Waals surface area (Å²) in [6.07, 6.45) is 9.00. The van der Waals surface area contributed by atoms with Crippen molar-refractivity contribution >= 4 is 11.6 Å². The molecule has 5 heteroatoms. The van der Waals surface area contributed by atoms with E-state index < -0.39 is 0 Å².